The van der Waals surface area contributed by atoms with Crippen molar-refractivity contribution in [2.45, 2.75) is 25.7 Å². The van der Waals surface area contributed by atoms with Crippen molar-refractivity contribution in [3.8, 4) is 16.8 Å². The summed E-state index contributed by atoms with van der Waals surface area (Å²) in [5.41, 5.74) is 15.8. The highest BCUT2D eigenvalue weighted by Gasteiger charge is 2.43. The first-order chi connectivity index (χ1) is 22.4. The van der Waals surface area contributed by atoms with Crippen molar-refractivity contribution in [3.05, 3.63) is 126 Å². The van der Waals surface area contributed by atoms with Gasteiger partial charge in [0, 0.05) is 43.8 Å². The fraction of sp³-hybridized carbons (Fsp3) is 0.0952. The summed E-state index contributed by atoms with van der Waals surface area (Å²) in [7, 11) is 0. The summed E-state index contributed by atoms with van der Waals surface area (Å²) in [6.07, 6.45) is 4.87. The third kappa shape index (κ3) is 2.60. The van der Waals surface area contributed by atoms with Gasteiger partial charge in [0.1, 0.15) is 0 Å². The van der Waals surface area contributed by atoms with Crippen LogP contribution in [0.15, 0.2) is 115 Å². The van der Waals surface area contributed by atoms with E-state index in [1.54, 1.807) is 11.1 Å². The highest BCUT2D eigenvalue weighted by Crippen LogP contribution is 2.47. The van der Waals surface area contributed by atoms with Gasteiger partial charge in [0.25, 0.3) is 0 Å². The molecule has 0 N–H and O–H groups in total. The minimum Gasteiger partial charge on any atom is -0.375 e. The van der Waals surface area contributed by atoms with Gasteiger partial charge in [-0.05, 0) is 93.0 Å². The van der Waals surface area contributed by atoms with Gasteiger partial charge in [-0.1, -0.05) is 97.1 Å². The molecule has 12 rings (SSSR count). The zero-order chi connectivity index (χ0) is 29.0. The van der Waals surface area contributed by atoms with Crippen molar-refractivity contribution >= 4 is 82.9 Å². The first-order valence-corrected chi connectivity index (χ1v) is 16.5. The number of nitrogens with zero attached hydrogens (tertiary/aromatic N) is 2. The van der Waals surface area contributed by atoms with Gasteiger partial charge in [-0.3, -0.25) is 0 Å². The number of aromatic nitrogens is 2. The van der Waals surface area contributed by atoms with E-state index in [2.05, 4.69) is 124 Å². The molecule has 0 saturated carbocycles. The summed E-state index contributed by atoms with van der Waals surface area (Å²) in [5, 5.41) is 10.8. The third-order valence-electron chi connectivity index (χ3n) is 11.4. The highest BCUT2D eigenvalue weighted by molar-refractivity contribution is 6.90. The van der Waals surface area contributed by atoms with Gasteiger partial charge in [-0.15, -0.1) is 0 Å². The van der Waals surface area contributed by atoms with E-state index >= 15 is 0 Å². The largest absolute Gasteiger partial charge is 0.375 e. The normalized spacial score (nSPS) is 14.7. The van der Waals surface area contributed by atoms with Crippen LogP contribution in [-0.2, 0) is 12.8 Å². The summed E-state index contributed by atoms with van der Waals surface area (Å²) < 4.78 is 5.38. The van der Waals surface area contributed by atoms with E-state index in [1.165, 1.54) is 106 Å². The van der Waals surface area contributed by atoms with Crippen molar-refractivity contribution in [3.63, 3.8) is 0 Å². The fourth-order valence-corrected chi connectivity index (χ4v) is 9.77. The van der Waals surface area contributed by atoms with Crippen LogP contribution in [0.5, 0.6) is 0 Å². The first-order valence-electron chi connectivity index (χ1n) is 16.5. The van der Waals surface area contributed by atoms with Gasteiger partial charge in [-0.25, -0.2) is 0 Å². The number of hydrogen-bond acceptors (Lipinski definition) is 0. The molecule has 9 aromatic rings. The maximum absolute atomic E-state index is 2.73. The van der Waals surface area contributed by atoms with Crippen LogP contribution in [0.4, 0.5) is 0 Å². The summed E-state index contributed by atoms with van der Waals surface area (Å²) in [5.74, 6) is 0. The number of fused-ring (bicyclic) bond motifs is 16. The van der Waals surface area contributed by atoms with Gasteiger partial charge in [-0.2, -0.15) is 0 Å². The van der Waals surface area contributed by atoms with Crippen LogP contribution in [0.1, 0.15) is 24.0 Å². The molecule has 2 nitrogen and oxygen atoms in total. The van der Waals surface area contributed by atoms with Crippen LogP contribution in [-0.4, -0.2) is 15.9 Å². The average molecular weight is 571 g/mol. The van der Waals surface area contributed by atoms with Gasteiger partial charge in [0.15, 0.2) is 0 Å². The average Bonchev–Trinajstić information content (AvgIpc) is 3.63. The van der Waals surface area contributed by atoms with E-state index in [1.807, 2.05) is 0 Å². The highest BCUT2D eigenvalue weighted by atomic mass is 15.0. The number of hydrogen-bond donors (Lipinski definition) is 0. The summed E-state index contributed by atoms with van der Waals surface area (Å²) in [6, 6.07) is 44.0. The number of benzene rings is 7. The quantitative estimate of drug-likeness (QED) is 0.161. The molecule has 3 aliphatic rings. The van der Waals surface area contributed by atoms with E-state index in [9.17, 15) is 0 Å². The van der Waals surface area contributed by atoms with Gasteiger partial charge < -0.3 is 9.05 Å². The molecule has 4 heterocycles. The Morgan fingerprint density at radius 3 is 2.22 bits per heavy atom. The molecule has 1 aliphatic carbocycles. The maximum atomic E-state index is 2.73. The lowest BCUT2D eigenvalue weighted by atomic mass is 9.45. The molecule has 7 aromatic carbocycles. The minimum absolute atomic E-state index is 0.0993. The standard InChI is InChI=1S/C42H27BN2/c1-4-13-27-24(10-1)20-21-35-37(27)31-17-9-18-32-38-28-14-5-3-12-26(28)23-36-40(38)43(45(35)41(31)32)33-22-25-11-2-6-15-29(25)39-30-16-7-8-19-34(30)44(36)42(33)39/h1-2,4,6-11,13,15-23H,3,5,12,14H2. The second-order valence-electron chi connectivity index (χ2n) is 13.4. The van der Waals surface area contributed by atoms with E-state index in [0.29, 0.717) is 0 Å². The van der Waals surface area contributed by atoms with E-state index in [-0.39, 0.29) is 6.85 Å². The molecule has 2 aliphatic heterocycles. The molecule has 0 atom stereocenters. The first kappa shape index (κ1) is 23.2. The fourth-order valence-electron chi connectivity index (χ4n) is 9.77. The Morgan fingerprint density at radius 2 is 1.31 bits per heavy atom. The minimum atomic E-state index is 0.0993. The lowest BCUT2D eigenvalue weighted by Gasteiger charge is -2.37. The van der Waals surface area contributed by atoms with Crippen LogP contribution in [0.25, 0.3) is 82.0 Å². The van der Waals surface area contributed by atoms with E-state index < -0.39 is 0 Å². The molecule has 0 radical (unpaired) electrons. The lowest BCUT2D eigenvalue weighted by molar-refractivity contribution is 0.687. The van der Waals surface area contributed by atoms with Crippen LogP contribution >= 0.6 is 0 Å². The topological polar surface area (TPSA) is 9.86 Å². The number of aryl methyl sites for hydroxylation is 1. The predicted molar refractivity (Wildman–Crippen MR) is 191 cm³/mol. The van der Waals surface area contributed by atoms with Crippen molar-refractivity contribution < 1.29 is 0 Å². The van der Waals surface area contributed by atoms with Crippen LogP contribution in [0, 0.1) is 0 Å². The van der Waals surface area contributed by atoms with Crippen LogP contribution < -0.4 is 10.9 Å². The molecule has 0 fully saturated rings. The van der Waals surface area contributed by atoms with Gasteiger partial charge in [0.2, 0.25) is 0 Å². The molecule has 0 unspecified atom stereocenters. The van der Waals surface area contributed by atoms with Crippen molar-refractivity contribution in [1.29, 1.82) is 0 Å². The molecule has 208 valence electrons. The summed E-state index contributed by atoms with van der Waals surface area (Å²) in [4.78, 5) is 0. The Morgan fingerprint density at radius 1 is 0.556 bits per heavy atom. The molecule has 45 heavy (non-hydrogen) atoms. The SMILES string of the molecule is c1ccc2c(c1)ccc1c2c2cccc3c2n1B1c2c(cc4c(c2-3)CCCC4)-n2c3ccccc3c3c4ccccc4cc1c32. The van der Waals surface area contributed by atoms with Crippen LogP contribution in [0.2, 0.25) is 0 Å². The maximum Gasteiger partial charge on any atom is 0.333 e. The zero-order valence-corrected chi connectivity index (χ0v) is 24.8. The number of rotatable bonds is 0. The third-order valence-corrected chi connectivity index (χ3v) is 11.4. The smallest absolute Gasteiger partial charge is 0.333 e. The molecule has 0 saturated heterocycles. The Bertz CT molecular complexity index is 2830. The zero-order valence-electron chi connectivity index (χ0n) is 24.8. The summed E-state index contributed by atoms with van der Waals surface area (Å²) >= 11 is 0. The second-order valence-corrected chi connectivity index (χ2v) is 13.4. The van der Waals surface area contributed by atoms with Crippen molar-refractivity contribution in [1.82, 2.24) is 9.05 Å². The molecule has 0 amide bonds. The molecular weight excluding hydrogens is 543 g/mol. The second kappa shape index (κ2) is 7.86. The Kier molecular flexibility index (Phi) is 4.05. The molecule has 0 bridgehead atoms. The molecule has 3 heteroatoms. The van der Waals surface area contributed by atoms with Crippen LogP contribution in [0.3, 0.4) is 0 Å². The van der Waals surface area contributed by atoms with Crippen molar-refractivity contribution in [2.75, 3.05) is 0 Å². The Balaban J connectivity index is 1.39. The molecular formula is C42H27BN2. The summed E-state index contributed by atoms with van der Waals surface area (Å²) in [6.45, 7) is 0.0993. The number of para-hydroxylation sites is 2. The Hall–Kier alpha value is -5.28. The molecule has 2 aromatic heterocycles. The monoisotopic (exact) mass is 570 g/mol. The van der Waals surface area contributed by atoms with E-state index in [4.69, 9.17) is 0 Å². The molecule has 0 spiro atoms. The van der Waals surface area contributed by atoms with Gasteiger partial charge in [0.05, 0.1) is 11.0 Å². The van der Waals surface area contributed by atoms with Crippen molar-refractivity contribution in [2.24, 2.45) is 0 Å². The Labute approximate surface area is 260 Å². The van der Waals surface area contributed by atoms with Gasteiger partial charge >= 0.3 is 6.85 Å². The lowest BCUT2D eigenvalue weighted by Crippen LogP contribution is -2.55. The predicted octanol–water partition coefficient (Wildman–Crippen LogP) is 9.02. The van der Waals surface area contributed by atoms with E-state index in [0.717, 1.165) is 12.8 Å².